The zero-order chi connectivity index (χ0) is 21.6. The normalized spacial score (nSPS) is 19.8. The van der Waals surface area contributed by atoms with Gasteiger partial charge in [0.15, 0.2) is 11.6 Å². The molecule has 1 aliphatic carbocycles. The van der Waals surface area contributed by atoms with E-state index in [0.29, 0.717) is 29.8 Å². The van der Waals surface area contributed by atoms with Crippen LogP contribution in [0.1, 0.15) is 25.3 Å². The Morgan fingerprint density at radius 2 is 2.13 bits per heavy atom. The van der Waals surface area contributed by atoms with Crippen LogP contribution in [-0.2, 0) is 0 Å². The lowest BCUT2D eigenvalue weighted by Gasteiger charge is -2.25. The molecule has 30 heavy (non-hydrogen) atoms. The van der Waals surface area contributed by atoms with Crippen molar-refractivity contribution in [2.45, 2.75) is 31.3 Å². The molecule has 2 aromatic rings. The molecule has 3 N–H and O–H groups in total. The maximum absolute atomic E-state index is 15.3. The third-order valence-electron chi connectivity index (χ3n) is 6.17. The number of nitrogen functional groups attached to an aromatic ring is 1. The SMILES string of the molecule is [C-]#[N+]CC(NC)C1CCN(c2c(F)cc3c(=O)n(N)c(=O)n(C4CC4)c3c2OC)C1. The van der Waals surface area contributed by atoms with Crippen molar-refractivity contribution >= 4 is 16.6 Å². The predicted molar refractivity (Wildman–Crippen MR) is 112 cm³/mol. The van der Waals surface area contributed by atoms with Crippen LogP contribution in [0.15, 0.2) is 15.7 Å². The summed E-state index contributed by atoms with van der Waals surface area (Å²) >= 11 is 0. The zero-order valence-electron chi connectivity index (χ0n) is 17.0. The van der Waals surface area contributed by atoms with Gasteiger partial charge in [-0.15, -0.1) is 0 Å². The summed E-state index contributed by atoms with van der Waals surface area (Å²) in [6.07, 6.45) is 2.37. The van der Waals surface area contributed by atoms with Gasteiger partial charge in [0.05, 0.1) is 18.5 Å². The van der Waals surface area contributed by atoms with Crippen molar-refractivity contribution in [1.82, 2.24) is 14.6 Å². The zero-order valence-corrected chi connectivity index (χ0v) is 17.0. The Morgan fingerprint density at radius 3 is 2.73 bits per heavy atom. The summed E-state index contributed by atoms with van der Waals surface area (Å²) in [6, 6.07) is 1.08. The van der Waals surface area contributed by atoms with Crippen molar-refractivity contribution in [1.29, 1.82) is 0 Å². The number of rotatable bonds is 6. The molecule has 2 atom stereocenters. The van der Waals surface area contributed by atoms with Crippen LogP contribution in [0.3, 0.4) is 0 Å². The molecule has 0 radical (unpaired) electrons. The number of methoxy groups -OCH3 is 1. The quantitative estimate of drug-likeness (QED) is 0.531. The van der Waals surface area contributed by atoms with Crippen LogP contribution < -0.4 is 32.0 Å². The molecule has 1 saturated carbocycles. The number of hydrogen-bond donors (Lipinski definition) is 2. The summed E-state index contributed by atoms with van der Waals surface area (Å²) in [5.41, 5.74) is -0.837. The van der Waals surface area contributed by atoms with Crippen LogP contribution in [0.25, 0.3) is 15.7 Å². The number of anilines is 1. The molecule has 1 aromatic carbocycles. The van der Waals surface area contributed by atoms with E-state index < -0.39 is 17.1 Å². The van der Waals surface area contributed by atoms with E-state index in [1.165, 1.54) is 11.7 Å². The number of aromatic nitrogens is 2. The molecule has 10 heteroatoms. The van der Waals surface area contributed by atoms with Gasteiger partial charge in [-0.2, -0.15) is 4.68 Å². The number of benzene rings is 1. The summed E-state index contributed by atoms with van der Waals surface area (Å²) in [4.78, 5) is 30.7. The van der Waals surface area contributed by atoms with E-state index in [0.717, 1.165) is 25.3 Å². The number of nitrogens with one attached hydrogen (secondary N) is 1. The number of nitrogens with zero attached hydrogens (tertiary/aromatic N) is 4. The Hall–Kier alpha value is -3.06. The van der Waals surface area contributed by atoms with E-state index in [1.807, 2.05) is 11.9 Å². The predicted octanol–water partition coefficient (Wildman–Crippen LogP) is 0.693. The minimum atomic E-state index is -0.748. The smallest absolute Gasteiger partial charge is 0.350 e. The maximum Gasteiger partial charge on any atom is 0.350 e. The molecule has 1 saturated heterocycles. The molecule has 2 fully saturated rings. The van der Waals surface area contributed by atoms with Crippen LogP contribution in [-0.4, -0.2) is 49.1 Å². The van der Waals surface area contributed by atoms with E-state index in [2.05, 4.69) is 10.2 Å². The number of nitrogens with two attached hydrogens (primary N) is 1. The number of fused-ring (bicyclic) bond motifs is 1. The van der Waals surface area contributed by atoms with Crippen LogP contribution in [0, 0.1) is 18.3 Å². The summed E-state index contributed by atoms with van der Waals surface area (Å²) < 4.78 is 22.9. The van der Waals surface area contributed by atoms with Gasteiger partial charge < -0.3 is 25.6 Å². The molecular formula is C20H25FN6O3. The van der Waals surface area contributed by atoms with Crippen molar-refractivity contribution in [3.63, 3.8) is 0 Å². The highest BCUT2D eigenvalue weighted by atomic mass is 19.1. The first-order valence-corrected chi connectivity index (χ1v) is 10.0. The number of ether oxygens (including phenoxy) is 1. The molecule has 9 nitrogen and oxygen atoms in total. The molecule has 160 valence electrons. The third-order valence-corrected chi connectivity index (χ3v) is 6.17. The van der Waals surface area contributed by atoms with Crippen LogP contribution >= 0.6 is 0 Å². The fourth-order valence-electron chi connectivity index (χ4n) is 4.49. The molecule has 2 aliphatic rings. The first-order chi connectivity index (χ1) is 14.4. The van der Waals surface area contributed by atoms with Gasteiger partial charge in [0.2, 0.25) is 6.54 Å². The Morgan fingerprint density at radius 1 is 1.40 bits per heavy atom. The highest BCUT2D eigenvalue weighted by Gasteiger charge is 2.36. The summed E-state index contributed by atoms with van der Waals surface area (Å²) in [7, 11) is 3.23. The Bertz CT molecular complexity index is 1150. The van der Waals surface area contributed by atoms with Gasteiger partial charge in [-0.3, -0.25) is 9.36 Å². The first-order valence-electron chi connectivity index (χ1n) is 10.0. The van der Waals surface area contributed by atoms with Crippen molar-refractivity contribution in [3.8, 4) is 5.75 Å². The highest BCUT2D eigenvalue weighted by molar-refractivity contribution is 5.91. The summed E-state index contributed by atoms with van der Waals surface area (Å²) in [5.74, 6) is 5.44. The second-order valence-electron chi connectivity index (χ2n) is 7.93. The van der Waals surface area contributed by atoms with E-state index in [-0.39, 0.29) is 34.8 Å². The fourth-order valence-corrected chi connectivity index (χ4v) is 4.49. The van der Waals surface area contributed by atoms with Gasteiger partial charge in [-0.25, -0.2) is 15.8 Å². The minimum Gasteiger partial charge on any atom is -0.492 e. The van der Waals surface area contributed by atoms with E-state index >= 15 is 4.39 Å². The van der Waals surface area contributed by atoms with Gasteiger partial charge in [-0.1, -0.05) is 0 Å². The van der Waals surface area contributed by atoms with Gasteiger partial charge in [0.1, 0.15) is 11.2 Å². The topological polar surface area (TPSA) is 98.9 Å². The average molecular weight is 416 g/mol. The van der Waals surface area contributed by atoms with Crippen LogP contribution in [0.2, 0.25) is 0 Å². The molecule has 0 amide bonds. The molecule has 0 bridgehead atoms. The maximum atomic E-state index is 15.3. The molecule has 2 heterocycles. The van der Waals surface area contributed by atoms with E-state index in [9.17, 15) is 9.59 Å². The third kappa shape index (κ3) is 3.10. The fraction of sp³-hybridized carbons (Fsp3) is 0.550. The number of halogens is 1. The first kappa shape index (κ1) is 20.2. The summed E-state index contributed by atoms with van der Waals surface area (Å²) in [6.45, 7) is 8.63. The second kappa shape index (κ2) is 7.65. The van der Waals surface area contributed by atoms with Crippen molar-refractivity contribution in [3.05, 3.63) is 44.1 Å². The minimum absolute atomic E-state index is 0.0103. The average Bonchev–Trinajstić information content (AvgIpc) is 3.46. The van der Waals surface area contributed by atoms with Gasteiger partial charge in [0, 0.05) is 25.0 Å². The summed E-state index contributed by atoms with van der Waals surface area (Å²) in [5, 5.41) is 3.20. The lowest BCUT2D eigenvalue weighted by atomic mass is 9.99. The Kier molecular flexibility index (Phi) is 5.15. The monoisotopic (exact) mass is 416 g/mol. The van der Waals surface area contributed by atoms with E-state index in [1.54, 1.807) is 0 Å². The number of hydrogen-bond acceptors (Lipinski definition) is 6. The number of likely N-dealkylation sites (N-methyl/N-ethyl adjacent to an activating group) is 1. The molecule has 4 rings (SSSR count). The van der Waals surface area contributed by atoms with Crippen molar-refractivity contribution < 1.29 is 9.13 Å². The van der Waals surface area contributed by atoms with E-state index in [4.69, 9.17) is 17.2 Å². The van der Waals surface area contributed by atoms with Crippen molar-refractivity contribution in [2.24, 2.45) is 5.92 Å². The van der Waals surface area contributed by atoms with Crippen molar-refractivity contribution in [2.75, 3.05) is 44.5 Å². The van der Waals surface area contributed by atoms with Gasteiger partial charge in [0.25, 0.3) is 5.56 Å². The van der Waals surface area contributed by atoms with Crippen LogP contribution in [0.5, 0.6) is 5.75 Å². The standard InChI is InChI=1S/C20H25FN6O3/c1-23-9-15(24-2)11-6-7-25(10-11)17-14(21)8-13-16(18(17)30-3)26(12-4-5-12)20(29)27(22)19(13)28/h8,11-12,15,24H,4-7,9-10,22H2,2-3H3. The Labute approximate surface area is 172 Å². The molecule has 1 aliphatic heterocycles. The largest absolute Gasteiger partial charge is 0.492 e. The Balaban J connectivity index is 1.88. The molecule has 1 aromatic heterocycles. The molecular weight excluding hydrogens is 391 g/mol. The van der Waals surface area contributed by atoms with Gasteiger partial charge >= 0.3 is 5.69 Å². The second-order valence-corrected chi connectivity index (χ2v) is 7.93. The van der Waals surface area contributed by atoms with Gasteiger partial charge in [-0.05, 0) is 32.4 Å². The highest BCUT2D eigenvalue weighted by Crippen LogP contribution is 2.43. The molecule has 2 unspecified atom stereocenters. The van der Waals surface area contributed by atoms with Crippen LogP contribution in [0.4, 0.5) is 10.1 Å². The lowest BCUT2D eigenvalue weighted by Crippen LogP contribution is -2.44. The lowest BCUT2D eigenvalue weighted by molar-refractivity contribution is 0.409. The molecule has 0 spiro atoms.